The van der Waals surface area contributed by atoms with Crippen molar-refractivity contribution in [1.29, 1.82) is 0 Å². The van der Waals surface area contributed by atoms with Crippen molar-refractivity contribution in [3.8, 4) is 0 Å². The van der Waals surface area contributed by atoms with E-state index in [2.05, 4.69) is 39.8 Å². The van der Waals surface area contributed by atoms with Gasteiger partial charge in [0.1, 0.15) is 0 Å². The highest BCUT2D eigenvalue weighted by Crippen LogP contribution is 2.42. The smallest absolute Gasteiger partial charge is 0.0167 e. The van der Waals surface area contributed by atoms with Crippen LogP contribution in [-0.4, -0.2) is 0 Å². The minimum atomic E-state index is 0.448. The molecule has 0 N–H and O–H groups in total. The maximum Gasteiger partial charge on any atom is -0.0167 e. The lowest BCUT2D eigenvalue weighted by atomic mass is 9.83. The van der Waals surface area contributed by atoms with Crippen LogP contribution in [0.1, 0.15) is 34.1 Å². The van der Waals surface area contributed by atoms with Crippen molar-refractivity contribution in [3.63, 3.8) is 0 Å². The van der Waals surface area contributed by atoms with Gasteiger partial charge in [-0.15, -0.1) is 0 Å². The molecule has 0 spiro atoms. The zero-order valence-corrected chi connectivity index (χ0v) is 6.86. The SMILES string of the molecule is CC1(C)C=CC(C)(C)C1. The number of hydrogen-bond acceptors (Lipinski definition) is 0. The van der Waals surface area contributed by atoms with Crippen LogP contribution in [0.4, 0.5) is 0 Å². The van der Waals surface area contributed by atoms with Crippen molar-refractivity contribution in [2.24, 2.45) is 10.8 Å². The molecule has 52 valence electrons. The third-order valence-corrected chi connectivity index (χ3v) is 1.90. The molecule has 0 bridgehead atoms. The molecule has 0 aromatic heterocycles. The first kappa shape index (κ1) is 6.85. The van der Waals surface area contributed by atoms with Crippen molar-refractivity contribution >= 4 is 0 Å². The molecule has 0 aliphatic heterocycles. The van der Waals surface area contributed by atoms with E-state index in [1.165, 1.54) is 6.42 Å². The molecule has 0 saturated heterocycles. The van der Waals surface area contributed by atoms with Crippen LogP contribution in [0, 0.1) is 10.8 Å². The Labute approximate surface area is 58.0 Å². The highest BCUT2D eigenvalue weighted by molar-refractivity contribution is 5.11. The summed E-state index contributed by atoms with van der Waals surface area (Å²) < 4.78 is 0. The first-order valence-corrected chi connectivity index (χ1v) is 3.62. The van der Waals surface area contributed by atoms with Gasteiger partial charge < -0.3 is 0 Å². The minimum Gasteiger partial charge on any atom is -0.0823 e. The molecule has 0 nitrogen and oxygen atoms in total. The Morgan fingerprint density at radius 1 is 0.889 bits per heavy atom. The van der Waals surface area contributed by atoms with E-state index in [1.54, 1.807) is 0 Å². The van der Waals surface area contributed by atoms with E-state index in [9.17, 15) is 0 Å². The first-order valence-electron chi connectivity index (χ1n) is 3.62. The molecule has 1 rings (SSSR count). The Hall–Kier alpha value is -0.260. The lowest BCUT2D eigenvalue weighted by Crippen LogP contribution is -2.11. The quantitative estimate of drug-likeness (QED) is 0.435. The maximum atomic E-state index is 2.33. The number of rotatable bonds is 0. The van der Waals surface area contributed by atoms with Crippen LogP contribution in [0.25, 0.3) is 0 Å². The average Bonchev–Trinajstić information content (AvgIpc) is 1.78. The molecule has 0 heteroatoms. The summed E-state index contributed by atoms with van der Waals surface area (Å²) in [6, 6.07) is 0. The Balaban J connectivity index is 2.71. The van der Waals surface area contributed by atoms with E-state index < -0.39 is 0 Å². The summed E-state index contributed by atoms with van der Waals surface area (Å²) in [7, 11) is 0. The second-order valence-electron chi connectivity index (χ2n) is 4.49. The predicted octanol–water partition coefficient (Wildman–Crippen LogP) is 3.00. The molecule has 1 aliphatic carbocycles. The van der Waals surface area contributed by atoms with Crippen LogP contribution >= 0.6 is 0 Å². The Morgan fingerprint density at radius 3 is 1.33 bits per heavy atom. The fraction of sp³-hybridized carbons (Fsp3) is 0.778. The molecule has 0 radical (unpaired) electrons. The predicted molar refractivity (Wildman–Crippen MR) is 41.3 cm³/mol. The molecule has 0 heterocycles. The van der Waals surface area contributed by atoms with Crippen molar-refractivity contribution < 1.29 is 0 Å². The molecular formula is C9H16. The molecule has 1 aliphatic rings. The van der Waals surface area contributed by atoms with Crippen molar-refractivity contribution in [2.75, 3.05) is 0 Å². The first-order chi connectivity index (χ1) is 3.91. The van der Waals surface area contributed by atoms with E-state index in [1.807, 2.05) is 0 Å². The second kappa shape index (κ2) is 1.62. The van der Waals surface area contributed by atoms with Gasteiger partial charge in [0, 0.05) is 0 Å². The second-order valence-corrected chi connectivity index (χ2v) is 4.49. The van der Waals surface area contributed by atoms with Crippen molar-refractivity contribution in [1.82, 2.24) is 0 Å². The van der Waals surface area contributed by atoms with Gasteiger partial charge in [-0.25, -0.2) is 0 Å². The van der Waals surface area contributed by atoms with Gasteiger partial charge in [-0.2, -0.15) is 0 Å². The molecule has 0 aromatic carbocycles. The topological polar surface area (TPSA) is 0 Å². The molecule has 0 amide bonds. The average molecular weight is 124 g/mol. The lowest BCUT2D eigenvalue weighted by molar-refractivity contribution is 0.334. The lowest BCUT2D eigenvalue weighted by Gasteiger charge is -2.21. The summed E-state index contributed by atoms with van der Waals surface area (Å²) in [5, 5.41) is 0. The number of hydrogen-bond donors (Lipinski definition) is 0. The van der Waals surface area contributed by atoms with Gasteiger partial charge in [0.05, 0.1) is 0 Å². The van der Waals surface area contributed by atoms with Crippen LogP contribution in [0.3, 0.4) is 0 Å². The van der Waals surface area contributed by atoms with E-state index >= 15 is 0 Å². The third kappa shape index (κ3) is 1.57. The molecule has 0 atom stereocenters. The third-order valence-electron chi connectivity index (χ3n) is 1.90. The van der Waals surface area contributed by atoms with E-state index in [4.69, 9.17) is 0 Å². The summed E-state index contributed by atoms with van der Waals surface area (Å²) >= 11 is 0. The van der Waals surface area contributed by atoms with Gasteiger partial charge in [-0.1, -0.05) is 39.8 Å². The van der Waals surface area contributed by atoms with Gasteiger partial charge in [0.15, 0.2) is 0 Å². The zero-order chi connectivity index (χ0) is 7.12. The molecule has 0 unspecified atom stereocenters. The van der Waals surface area contributed by atoms with Crippen LogP contribution in [0.2, 0.25) is 0 Å². The fourth-order valence-corrected chi connectivity index (χ4v) is 1.74. The van der Waals surface area contributed by atoms with Crippen LogP contribution in [0.5, 0.6) is 0 Å². The number of allylic oxidation sites excluding steroid dienone is 2. The van der Waals surface area contributed by atoms with E-state index in [-0.39, 0.29) is 0 Å². The maximum absolute atomic E-state index is 2.33. The normalized spacial score (nSPS) is 28.9. The molecule has 0 fully saturated rings. The summed E-state index contributed by atoms with van der Waals surface area (Å²) in [4.78, 5) is 0. The molecular weight excluding hydrogens is 108 g/mol. The summed E-state index contributed by atoms with van der Waals surface area (Å²) in [5.74, 6) is 0. The molecule has 0 aromatic rings. The summed E-state index contributed by atoms with van der Waals surface area (Å²) in [5.41, 5.74) is 0.896. The van der Waals surface area contributed by atoms with Crippen molar-refractivity contribution in [3.05, 3.63) is 12.2 Å². The Bertz CT molecular complexity index is 122. The van der Waals surface area contributed by atoms with Gasteiger partial charge in [0.2, 0.25) is 0 Å². The van der Waals surface area contributed by atoms with Gasteiger partial charge in [-0.05, 0) is 17.3 Å². The summed E-state index contributed by atoms with van der Waals surface area (Å²) in [6.45, 7) is 9.16. The van der Waals surface area contributed by atoms with Gasteiger partial charge in [0.25, 0.3) is 0 Å². The monoisotopic (exact) mass is 124 g/mol. The van der Waals surface area contributed by atoms with Crippen LogP contribution < -0.4 is 0 Å². The molecule has 9 heavy (non-hydrogen) atoms. The van der Waals surface area contributed by atoms with E-state index in [0.29, 0.717) is 10.8 Å². The Morgan fingerprint density at radius 2 is 1.22 bits per heavy atom. The standard InChI is InChI=1S/C9H16/c1-8(2)5-6-9(3,4)7-8/h5-6H,7H2,1-4H3. The van der Waals surface area contributed by atoms with Crippen molar-refractivity contribution in [2.45, 2.75) is 34.1 Å². The van der Waals surface area contributed by atoms with Crippen LogP contribution in [-0.2, 0) is 0 Å². The van der Waals surface area contributed by atoms with Gasteiger partial charge in [-0.3, -0.25) is 0 Å². The molecule has 0 saturated carbocycles. The summed E-state index contributed by atoms with van der Waals surface area (Å²) in [6.07, 6.45) is 5.94. The largest absolute Gasteiger partial charge is 0.0823 e. The highest BCUT2D eigenvalue weighted by Gasteiger charge is 2.30. The fourth-order valence-electron chi connectivity index (χ4n) is 1.74. The zero-order valence-electron chi connectivity index (χ0n) is 6.86. The highest BCUT2D eigenvalue weighted by atomic mass is 14.3. The minimum absolute atomic E-state index is 0.448. The van der Waals surface area contributed by atoms with E-state index in [0.717, 1.165) is 0 Å². The Kier molecular flexibility index (Phi) is 1.23. The van der Waals surface area contributed by atoms with Crippen LogP contribution in [0.15, 0.2) is 12.2 Å². The van der Waals surface area contributed by atoms with Gasteiger partial charge >= 0.3 is 0 Å².